The van der Waals surface area contributed by atoms with Gasteiger partial charge >= 0.3 is 0 Å². The fraction of sp³-hybridized carbons (Fsp3) is 0.194. The summed E-state index contributed by atoms with van der Waals surface area (Å²) in [5.41, 5.74) is 45.6. The number of hydrogen-bond donors (Lipinski definition) is 0. The number of fused-ring (bicyclic) bond motifs is 20. The topological polar surface area (TPSA) is 81.1 Å². The Bertz CT molecular complexity index is 8230. The molecule has 650 valence electrons. The first-order chi connectivity index (χ1) is 66.5. The van der Waals surface area contributed by atoms with Crippen LogP contribution < -0.4 is 0 Å². The van der Waals surface area contributed by atoms with E-state index in [0.717, 1.165) is 107 Å². The Morgan fingerprint density at radius 2 is 0.507 bits per heavy atom. The highest BCUT2D eigenvalue weighted by Crippen LogP contribution is 2.47. The summed E-state index contributed by atoms with van der Waals surface area (Å²) in [6, 6.07) is 122. The molecule has 13 aromatic carbocycles. The highest BCUT2D eigenvalue weighted by molar-refractivity contribution is 6.00. The Morgan fingerprint density at radius 3 is 0.940 bits per heavy atom. The van der Waals surface area contributed by atoms with Crippen LogP contribution in [0.15, 0.2) is 340 Å². The zero-order valence-corrected chi connectivity index (χ0v) is 75.8. The normalized spacial score (nSPS) is 14.6. The zero-order chi connectivity index (χ0) is 88.3. The summed E-state index contributed by atoms with van der Waals surface area (Å²) in [7, 11) is 0. The number of pyridine rings is 2. The second kappa shape index (κ2) is 33.7. The van der Waals surface area contributed by atoms with Crippen molar-refractivity contribution >= 4 is 87.2 Å². The van der Waals surface area contributed by atoms with E-state index < -0.39 is 0 Å². The van der Waals surface area contributed by atoms with E-state index in [1.807, 2.05) is 0 Å². The van der Waals surface area contributed by atoms with Crippen molar-refractivity contribution in [2.24, 2.45) is 0 Å². The third-order valence-electron chi connectivity index (χ3n) is 30.4. The molecule has 9 heterocycles. The fourth-order valence-electron chi connectivity index (χ4n) is 24.2. The van der Waals surface area contributed by atoms with Crippen LogP contribution in [0, 0.1) is 0 Å². The molecule has 0 aliphatic heterocycles. The van der Waals surface area contributed by atoms with E-state index in [9.17, 15) is 0 Å². The molecule has 134 heavy (non-hydrogen) atoms. The standard InChI is InChI=1S/2C44H36N4.C36H32N2/c1-3-13-29(14-4-1)43-35-19-7-10-20-38(35)45-44(46-43)48-40-22-12-9-18-34(40)37-28-31(24-26-42(37)48)30-23-25-41-36(27-30)33-17-8-11-21-39(33)47(41)32-15-5-2-6-16-32;1-2-13-32(14-3-1)47-41-19-8-5-16-34(41)36-26-31(22-24-43(36)47)40-27-37-35-17-6-9-20-42(35)48(44(37)28-45-40)33-15-10-12-30(25-33)39-23-21-29-11-4-7-18-38(29)46-39;1-3-11-27(12-4-1)37-33-17-9-7-15-29(33)31-23-25(19-21-35(31)37)26-20-22-36-32(24-26)30-16-8-10-18-34(30)38(36)28-13-5-2-6-14-28/h1-7,10,13-16,19-20,23-28H,8-9,11-12,17-18,21-22H2;1-4,7,10-15,18,21-28H,5-6,8-9,16-17,19-20H2;1-6,11-14,19-24H,7-10,15-18H2. The van der Waals surface area contributed by atoms with E-state index >= 15 is 0 Å². The van der Waals surface area contributed by atoms with Crippen LogP contribution in [0.3, 0.4) is 0 Å². The minimum absolute atomic E-state index is 0.767. The van der Waals surface area contributed by atoms with Crippen molar-refractivity contribution in [1.29, 1.82) is 0 Å². The molecule has 0 amide bonds. The van der Waals surface area contributed by atoms with Gasteiger partial charge in [0.1, 0.15) is 0 Å². The third-order valence-corrected chi connectivity index (χ3v) is 30.4. The number of aryl methyl sites for hydroxylation is 6. The van der Waals surface area contributed by atoms with Gasteiger partial charge in [-0.2, -0.15) is 0 Å². The molecule has 6 aliphatic rings. The minimum atomic E-state index is 0.767. The predicted molar refractivity (Wildman–Crippen MR) is 554 cm³/mol. The highest BCUT2D eigenvalue weighted by Gasteiger charge is 2.31. The first kappa shape index (κ1) is 79.9. The number of aromatic nitrogens is 10. The molecule has 0 fully saturated rings. The molecule has 6 aliphatic carbocycles. The second-order valence-electron chi connectivity index (χ2n) is 38.1. The summed E-state index contributed by atoms with van der Waals surface area (Å²) >= 11 is 0. The Kier molecular flexibility index (Phi) is 20.1. The van der Waals surface area contributed by atoms with Crippen LogP contribution in [0.2, 0.25) is 0 Å². The molecule has 28 rings (SSSR count). The Labute approximate surface area is 781 Å². The molecule has 9 aromatic heterocycles. The van der Waals surface area contributed by atoms with Gasteiger partial charge in [0.15, 0.2) is 0 Å². The van der Waals surface area contributed by atoms with E-state index in [4.69, 9.17) is 19.9 Å². The van der Waals surface area contributed by atoms with Crippen molar-refractivity contribution in [3.63, 3.8) is 0 Å². The van der Waals surface area contributed by atoms with Crippen LogP contribution in [0.1, 0.15) is 145 Å². The van der Waals surface area contributed by atoms with Crippen molar-refractivity contribution < 1.29 is 0 Å². The first-order valence-corrected chi connectivity index (χ1v) is 49.3. The smallest absolute Gasteiger partial charge is 0.235 e. The number of para-hydroxylation sites is 6. The van der Waals surface area contributed by atoms with E-state index in [1.165, 1.54) is 281 Å². The molecule has 0 bridgehead atoms. The van der Waals surface area contributed by atoms with Gasteiger partial charge in [-0.05, 0) is 355 Å². The van der Waals surface area contributed by atoms with E-state index in [-0.39, 0.29) is 0 Å². The van der Waals surface area contributed by atoms with Crippen LogP contribution in [-0.4, -0.2) is 47.3 Å². The fourth-order valence-corrected chi connectivity index (χ4v) is 24.2. The highest BCUT2D eigenvalue weighted by atomic mass is 15.2. The second-order valence-corrected chi connectivity index (χ2v) is 38.1. The quantitative estimate of drug-likeness (QED) is 0.129. The van der Waals surface area contributed by atoms with Crippen molar-refractivity contribution in [1.82, 2.24) is 47.3 Å². The monoisotopic (exact) mass is 1730 g/mol. The van der Waals surface area contributed by atoms with Gasteiger partial charge in [0, 0.05) is 122 Å². The summed E-state index contributed by atoms with van der Waals surface area (Å²) in [5, 5.41) is 10.6. The first-order valence-electron chi connectivity index (χ1n) is 49.3. The molecule has 0 spiro atoms. The van der Waals surface area contributed by atoms with Gasteiger partial charge in [-0.25, -0.2) is 15.0 Å². The molecule has 0 unspecified atom stereocenters. The SMILES string of the molecule is c1ccc(-c2nc(-n3c4c(c5cc(-c6ccc7c(c6)c6c(n7-c7ccccc7)CCCC6)ccc53)CCCC4)nc3ccccc23)cc1.c1ccc(-n2c3c(c4cc(-c5cc6c7c(n(-c8cccc(-c9ccc%10ccccc%10n9)c8)c6cn5)CCCC7)ccc42)CCCC3)cc1.c1ccc(-n2c3c(c4cc(-c5ccc6c(c5)c5c(n6-c6ccccc6)CCCC5)ccc42)CCCC3)cc1. The molecule has 22 aromatic rings. The lowest BCUT2D eigenvalue weighted by Crippen LogP contribution is -2.10. The van der Waals surface area contributed by atoms with Crippen LogP contribution in [-0.2, 0) is 77.0 Å². The van der Waals surface area contributed by atoms with Crippen LogP contribution in [0.5, 0.6) is 0 Å². The molecule has 0 atom stereocenters. The Hall–Kier alpha value is -15.0. The van der Waals surface area contributed by atoms with E-state index in [1.54, 1.807) is 11.1 Å². The van der Waals surface area contributed by atoms with Crippen molar-refractivity contribution in [2.75, 3.05) is 0 Å². The zero-order valence-electron chi connectivity index (χ0n) is 75.8. The molecule has 0 N–H and O–H groups in total. The Balaban J connectivity index is 0.000000106. The van der Waals surface area contributed by atoms with Crippen LogP contribution in [0.4, 0.5) is 0 Å². The number of rotatable bonds is 11. The predicted octanol–water partition coefficient (Wildman–Crippen LogP) is 30.2. The molecular weight excluding hydrogens is 1630 g/mol. The number of benzene rings is 13. The van der Waals surface area contributed by atoms with Gasteiger partial charge in [0.2, 0.25) is 5.95 Å². The van der Waals surface area contributed by atoms with Gasteiger partial charge in [0.05, 0.1) is 67.4 Å². The molecule has 0 saturated heterocycles. The molecule has 10 nitrogen and oxygen atoms in total. The summed E-state index contributed by atoms with van der Waals surface area (Å²) in [5.74, 6) is 0.767. The van der Waals surface area contributed by atoms with Crippen molar-refractivity contribution in [2.45, 2.75) is 154 Å². The molecular formula is C124H104N10. The van der Waals surface area contributed by atoms with E-state index in [0.29, 0.717) is 0 Å². The van der Waals surface area contributed by atoms with Gasteiger partial charge in [-0.3, -0.25) is 9.55 Å². The summed E-state index contributed by atoms with van der Waals surface area (Å²) in [4.78, 5) is 20.7. The molecule has 0 saturated carbocycles. The van der Waals surface area contributed by atoms with Gasteiger partial charge in [-0.15, -0.1) is 0 Å². The van der Waals surface area contributed by atoms with Gasteiger partial charge in [0.25, 0.3) is 0 Å². The maximum atomic E-state index is 5.30. The maximum Gasteiger partial charge on any atom is 0.235 e. The summed E-state index contributed by atoms with van der Waals surface area (Å²) < 4.78 is 14.9. The number of hydrogen-bond acceptors (Lipinski definition) is 4. The van der Waals surface area contributed by atoms with Crippen LogP contribution >= 0.6 is 0 Å². The number of nitrogens with zero attached hydrogens (tertiary/aromatic N) is 10. The van der Waals surface area contributed by atoms with Crippen LogP contribution in [0.25, 0.3) is 178 Å². The van der Waals surface area contributed by atoms with Crippen molar-refractivity contribution in [3.8, 4) is 90.4 Å². The lowest BCUT2D eigenvalue weighted by molar-refractivity contribution is 0.662. The lowest BCUT2D eigenvalue weighted by atomic mass is 9.93. The van der Waals surface area contributed by atoms with Gasteiger partial charge in [-0.1, -0.05) is 188 Å². The van der Waals surface area contributed by atoms with Gasteiger partial charge < -0.3 is 22.8 Å². The largest absolute Gasteiger partial charge is 0.313 e. The molecule has 10 heteroatoms. The summed E-state index contributed by atoms with van der Waals surface area (Å²) in [6.07, 6.45) is 30.8. The van der Waals surface area contributed by atoms with E-state index in [2.05, 4.69) is 367 Å². The third kappa shape index (κ3) is 13.8. The minimum Gasteiger partial charge on any atom is -0.313 e. The average Bonchev–Trinajstić information content (AvgIpc) is 1.60. The maximum absolute atomic E-state index is 5.30. The summed E-state index contributed by atoms with van der Waals surface area (Å²) in [6.45, 7) is 0. The van der Waals surface area contributed by atoms with Crippen molar-refractivity contribution in [3.05, 3.63) is 407 Å². The molecule has 0 radical (unpaired) electrons. The Morgan fingerprint density at radius 1 is 0.187 bits per heavy atom. The lowest BCUT2D eigenvalue weighted by Gasteiger charge is -2.16. The average molecular weight is 1730 g/mol.